The van der Waals surface area contributed by atoms with Crippen molar-refractivity contribution in [2.24, 2.45) is 0 Å². The zero-order chi connectivity index (χ0) is 15.7. The molecule has 0 saturated carbocycles. The van der Waals surface area contributed by atoms with E-state index < -0.39 is 10.0 Å². The van der Waals surface area contributed by atoms with E-state index in [4.69, 9.17) is 0 Å². The fraction of sp³-hybridized carbons (Fsp3) is 0.267. The van der Waals surface area contributed by atoms with E-state index in [1.54, 1.807) is 25.2 Å². The molecule has 0 fully saturated rings. The lowest BCUT2D eigenvalue weighted by molar-refractivity contribution is -0.116. The molecule has 1 aromatic heterocycles. The Hall–Kier alpha value is -1.70. The Morgan fingerprint density at radius 2 is 2.09 bits per heavy atom. The van der Waals surface area contributed by atoms with Crippen LogP contribution in [0.25, 0.3) is 0 Å². The second-order valence-corrected chi connectivity index (χ2v) is 8.28. The topological polar surface area (TPSA) is 66.5 Å². The number of carbonyl (C=O) groups excluding carboxylic acids is 1. The number of hydrogen-bond donors (Lipinski definition) is 1. The van der Waals surface area contributed by atoms with E-state index in [-0.39, 0.29) is 10.8 Å². The zero-order valence-electron chi connectivity index (χ0n) is 12.1. The third kappa shape index (κ3) is 2.92. The molecule has 5 nitrogen and oxygen atoms in total. The lowest BCUT2D eigenvalue weighted by Crippen LogP contribution is -2.26. The average Bonchev–Trinajstić information content (AvgIpc) is 2.99. The van der Waals surface area contributed by atoms with E-state index in [1.807, 2.05) is 17.5 Å². The predicted molar refractivity (Wildman–Crippen MR) is 86.4 cm³/mol. The Kier molecular flexibility index (Phi) is 4.03. The molecule has 0 unspecified atom stereocenters. The molecule has 0 saturated heterocycles. The first kappa shape index (κ1) is 15.2. The van der Waals surface area contributed by atoms with Crippen LogP contribution >= 0.6 is 11.3 Å². The number of amides is 1. The number of nitrogens with one attached hydrogen (secondary N) is 1. The van der Waals surface area contributed by atoms with Crippen LogP contribution in [-0.4, -0.2) is 25.7 Å². The molecule has 2 heterocycles. The van der Waals surface area contributed by atoms with Crippen LogP contribution in [-0.2, 0) is 27.8 Å². The fourth-order valence-electron chi connectivity index (χ4n) is 2.41. The summed E-state index contributed by atoms with van der Waals surface area (Å²) in [6.07, 6.45) is 0.959. The Bertz CT molecular complexity index is 798. The quantitative estimate of drug-likeness (QED) is 0.932. The van der Waals surface area contributed by atoms with Gasteiger partial charge in [0.05, 0.1) is 4.90 Å². The molecule has 1 N–H and O–H groups in total. The normalized spacial score (nSPS) is 14.7. The molecule has 1 aliphatic heterocycles. The summed E-state index contributed by atoms with van der Waals surface area (Å²) < 4.78 is 26.7. The van der Waals surface area contributed by atoms with Gasteiger partial charge in [-0.3, -0.25) is 4.79 Å². The van der Waals surface area contributed by atoms with E-state index in [1.165, 1.54) is 15.6 Å². The van der Waals surface area contributed by atoms with Gasteiger partial charge in [-0.2, -0.15) is 4.31 Å². The van der Waals surface area contributed by atoms with Gasteiger partial charge in [-0.25, -0.2) is 8.42 Å². The van der Waals surface area contributed by atoms with E-state index in [0.717, 1.165) is 10.4 Å². The van der Waals surface area contributed by atoms with Crippen molar-refractivity contribution in [3.8, 4) is 0 Å². The standard InChI is InChI=1S/C15H16N2O3S2/c1-17(10-12-3-2-8-21-12)22(19,20)13-5-6-14-11(9-13)4-7-15(18)16-14/h2-3,5-6,8-9H,4,7,10H2,1H3,(H,16,18). The summed E-state index contributed by atoms with van der Waals surface area (Å²) >= 11 is 1.53. The second kappa shape index (κ2) is 5.83. The Morgan fingerprint density at radius 1 is 1.27 bits per heavy atom. The molecule has 22 heavy (non-hydrogen) atoms. The minimum atomic E-state index is -3.53. The van der Waals surface area contributed by atoms with E-state index >= 15 is 0 Å². The van der Waals surface area contributed by atoms with Gasteiger partial charge in [0.1, 0.15) is 0 Å². The van der Waals surface area contributed by atoms with Crippen LogP contribution in [0.2, 0.25) is 0 Å². The van der Waals surface area contributed by atoms with Gasteiger partial charge in [0.25, 0.3) is 0 Å². The largest absolute Gasteiger partial charge is 0.326 e. The smallest absolute Gasteiger partial charge is 0.243 e. The van der Waals surface area contributed by atoms with Gasteiger partial charge in [-0.1, -0.05) is 6.07 Å². The van der Waals surface area contributed by atoms with E-state index in [0.29, 0.717) is 25.1 Å². The molecular weight excluding hydrogens is 320 g/mol. The molecular formula is C15H16N2O3S2. The van der Waals surface area contributed by atoms with Crippen LogP contribution in [0.15, 0.2) is 40.6 Å². The summed E-state index contributed by atoms with van der Waals surface area (Å²) in [5.74, 6) is -0.0297. The van der Waals surface area contributed by atoms with Crippen molar-refractivity contribution >= 4 is 33.0 Å². The maximum atomic E-state index is 12.7. The third-order valence-corrected chi connectivity index (χ3v) is 6.30. The highest BCUT2D eigenvalue weighted by Gasteiger charge is 2.24. The number of thiophene rings is 1. The van der Waals surface area contributed by atoms with Crippen LogP contribution in [0.3, 0.4) is 0 Å². The van der Waals surface area contributed by atoms with Gasteiger partial charge in [-0.15, -0.1) is 11.3 Å². The van der Waals surface area contributed by atoms with Crippen LogP contribution in [0.5, 0.6) is 0 Å². The molecule has 0 radical (unpaired) electrons. The molecule has 2 aromatic rings. The summed E-state index contributed by atoms with van der Waals surface area (Å²) in [6, 6.07) is 8.69. The van der Waals surface area contributed by atoms with Crippen molar-refractivity contribution in [2.75, 3.05) is 12.4 Å². The molecule has 3 rings (SSSR count). The van der Waals surface area contributed by atoms with Gasteiger partial charge in [0.15, 0.2) is 0 Å². The number of sulfonamides is 1. The summed E-state index contributed by atoms with van der Waals surface area (Å²) in [5.41, 5.74) is 1.57. The molecule has 0 spiro atoms. The maximum absolute atomic E-state index is 12.7. The van der Waals surface area contributed by atoms with Crippen molar-refractivity contribution < 1.29 is 13.2 Å². The SMILES string of the molecule is CN(Cc1cccs1)S(=O)(=O)c1ccc2c(c1)CCC(=O)N2. The van der Waals surface area contributed by atoms with Gasteiger partial charge >= 0.3 is 0 Å². The number of rotatable bonds is 4. The first-order chi connectivity index (χ1) is 10.5. The fourth-order valence-corrected chi connectivity index (χ4v) is 4.45. The van der Waals surface area contributed by atoms with Gasteiger partial charge in [0.2, 0.25) is 15.9 Å². The first-order valence-corrected chi connectivity index (χ1v) is 9.20. The third-order valence-electron chi connectivity index (χ3n) is 3.64. The van der Waals surface area contributed by atoms with Crippen LogP contribution in [0.1, 0.15) is 16.9 Å². The summed E-state index contributed by atoms with van der Waals surface area (Å²) in [7, 11) is -1.96. The number of anilines is 1. The Morgan fingerprint density at radius 3 is 2.82 bits per heavy atom. The predicted octanol–water partition coefficient (Wildman–Crippen LogP) is 2.45. The molecule has 1 aliphatic rings. The van der Waals surface area contributed by atoms with E-state index in [9.17, 15) is 13.2 Å². The Balaban J connectivity index is 1.87. The number of carbonyl (C=O) groups is 1. The maximum Gasteiger partial charge on any atom is 0.243 e. The van der Waals surface area contributed by atoms with E-state index in [2.05, 4.69) is 5.32 Å². The number of aryl methyl sites for hydroxylation is 1. The van der Waals surface area contributed by atoms with Crippen molar-refractivity contribution in [1.82, 2.24) is 4.31 Å². The zero-order valence-corrected chi connectivity index (χ0v) is 13.7. The van der Waals surface area contributed by atoms with Crippen molar-refractivity contribution in [2.45, 2.75) is 24.3 Å². The molecule has 1 aromatic carbocycles. The highest BCUT2D eigenvalue weighted by Crippen LogP contribution is 2.27. The van der Waals surface area contributed by atoms with Gasteiger partial charge < -0.3 is 5.32 Å². The van der Waals surface area contributed by atoms with Crippen molar-refractivity contribution in [3.63, 3.8) is 0 Å². The molecule has 116 valence electrons. The second-order valence-electron chi connectivity index (χ2n) is 5.21. The van der Waals surface area contributed by atoms with Crippen molar-refractivity contribution in [1.29, 1.82) is 0 Å². The summed E-state index contributed by atoms with van der Waals surface area (Å²) in [5, 5.41) is 4.69. The molecule has 1 amide bonds. The number of fused-ring (bicyclic) bond motifs is 1. The summed E-state index contributed by atoms with van der Waals surface area (Å²) in [6.45, 7) is 0.355. The highest BCUT2D eigenvalue weighted by atomic mass is 32.2. The Labute approximate surface area is 133 Å². The van der Waals surface area contributed by atoms with Crippen LogP contribution in [0, 0.1) is 0 Å². The monoisotopic (exact) mass is 336 g/mol. The molecule has 0 aliphatic carbocycles. The molecule has 0 bridgehead atoms. The van der Waals surface area contributed by atoms with Crippen molar-refractivity contribution in [3.05, 3.63) is 46.2 Å². The minimum absolute atomic E-state index is 0.0297. The summed E-state index contributed by atoms with van der Waals surface area (Å²) in [4.78, 5) is 12.6. The van der Waals surface area contributed by atoms with Gasteiger partial charge in [-0.05, 0) is 41.6 Å². The number of benzene rings is 1. The van der Waals surface area contributed by atoms with Gasteiger partial charge in [0, 0.05) is 30.6 Å². The lowest BCUT2D eigenvalue weighted by atomic mass is 10.0. The minimum Gasteiger partial charge on any atom is -0.326 e. The highest BCUT2D eigenvalue weighted by molar-refractivity contribution is 7.89. The van der Waals surface area contributed by atoms with Crippen LogP contribution < -0.4 is 5.32 Å². The number of nitrogens with zero attached hydrogens (tertiary/aromatic N) is 1. The molecule has 0 atom stereocenters. The first-order valence-electron chi connectivity index (χ1n) is 6.88. The number of hydrogen-bond acceptors (Lipinski definition) is 4. The average molecular weight is 336 g/mol. The van der Waals surface area contributed by atoms with Crippen LogP contribution in [0.4, 0.5) is 5.69 Å². The lowest BCUT2D eigenvalue weighted by Gasteiger charge is -2.20. The molecule has 7 heteroatoms.